The van der Waals surface area contributed by atoms with E-state index in [1.54, 1.807) is 0 Å². The molecule has 19 heavy (non-hydrogen) atoms. The summed E-state index contributed by atoms with van der Waals surface area (Å²) in [5, 5.41) is 3.34. The fourth-order valence-corrected chi connectivity index (χ4v) is 2.05. The average Bonchev–Trinajstić information content (AvgIpc) is 2.36. The number of rotatable bonds is 10. The zero-order chi connectivity index (χ0) is 13.9. The van der Waals surface area contributed by atoms with Crippen LogP contribution >= 0.6 is 15.9 Å². The Kier molecular flexibility index (Phi) is 9.08. The lowest BCUT2D eigenvalue weighted by molar-refractivity contribution is 0.0761. The second-order valence-electron chi connectivity index (χ2n) is 4.71. The van der Waals surface area contributed by atoms with Gasteiger partial charge in [-0.05, 0) is 44.5 Å². The van der Waals surface area contributed by atoms with Crippen molar-refractivity contribution in [3.63, 3.8) is 0 Å². The smallest absolute Gasteiger partial charge is 0.0717 e. The summed E-state index contributed by atoms with van der Waals surface area (Å²) < 4.78 is 12.2. The molecule has 0 radical (unpaired) electrons. The molecular weight excluding hydrogens is 306 g/mol. The largest absolute Gasteiger partial charge is 0.379 e. The van der Waals surface area contributed by atoms with Gasteiger partial charge in [-0.1, -0.05) is 28.1 Å². The van der Waals surface area contributed by atoms with Crippen molar-refractivity contribution in [1.82, 2.24) is 5.32 Å². The first kappa shape index (κ1) is 16.6. The molecule has 4 heteroatoms. The van der Waals surface area contributed by atoms with Gasteiger partial charge >= 0.3 is 0 Å². The summed E-state index contributed by atoms with van der Waals surface area (Å²) in [4.78, 5) is 0. The molecular formula is C15H24BrNO2. The van der Waals surface area contributed by atoms with E-state index in [1.165, 1.54) is 5.56 Å². The van der Waals surface area contributed by atoms with E-state index in [1.807, 2.05) is 12.1 Å². The zero-order valence-electron chi connectivity index (χ0n) is 11.8. The molecule has 0 fully saturated rings. The van der Waals surface area contributed by atoms with Gasteiger partial charge in [-0.15, -0.1) is 0 Å². The summed E-state index contributed by atoms with van der Waals surface area (Å²) in [6.07, 6.45) is 1.37. The summed E-state index contributed by atoms with van der Waals surface area (Å²) in [5.41, 5.74) is 1.19. The minimum atomic E-state index is 0.327. The molecule has 0 amide bonds. The van der Waals surface area contributed by atoms with E-state index in [0.29, 0.717) is 12.7 Å². The monoisotopic (exact) mass is 329 g/mol. The van der Waals surface area contributed by atoms with Crippen LogP contribution in [0.25, 0.3) is 0 Å². The lowest BCUT2D eigenvalue weighted by Gasteiger charge is -2.08. The Morgan fingerprint density at radius 2 is 2.05 bits per heavy atom. The lowest BCUT2D eigenvalue weighted by atomic mass is 10.2. The molecule has 0 heterocycles. The van der Waals surface area contributed by atoms with Crippen LogP contribution in [-0.2, 0) is 16.1 Å². The van der Waals surface area contributed by atoms with Crippen LogP contribution in [0.4, 0.5) is 0 Å². The fraction of sp³-hybridized carbons (Fsp3) is 0.600. The standard InChI is InChI=1S/C15H24BrNO2/c1-13(2)19-9-4-7-17-8-10-18-12-14-5-3-6-15(16)11-14/h3,5-6,11,13,17H,4,7-10,12H2,1-2H3. The highest BCUT2D eigenvalue weighted by Gasteiger charge is 1.95. The highest BCUT2D eigenvalue weighted by molar-refractivity contribution is 9.10. The van der Waals surface area contributed by atoms with Crippen LogP contribution in [0.15, 0.2) is 28.7 Å². The van der Waals surface area contributed by atoms with Crippen LogP contribution in [0.5, 0.6) is 0 Å². The Hall–Kier alpha value is -0.420. The van der Waals surface area contributed by atoms with Crippen molar-refractivity contribution in [2.75, 3.05) is 26.3 Å². The van der Waals surface area contributed by atoms with Crippen LogP contribution in [0.2, 0.25) is 0 Å². The van der Waals surface area contributed by atoms with Gasteiger partial charge in [0, 0.05) is 17.6 Å². The summed E-state index contributed by atoms with van der Waals surface area (Å²) in [5.74, 6) is 0. The normalized spacial score (nSPS) is 11.2. The maximum absolute atomic E-state index is 5.60. The van der Waals surface area contributed by atoms with Crippen molar-refractivity contribution in [1.29, 1.82) is 0 Å². The summed E-state index contributed by atoms with van der Waals surface area (Å²) >= 11 is 3.45. The van der Waals surface area contributed by atoms with Gasteiger partial charge in [0.2, 0.25) is 0 Å². The molecule has 0 atom stereocenters. The maximum Gasteiger partial charge on any atom is 0.0717 e. The first-order valence-electron chi connectivity index (χ1n) is 6.83. The summed E-state index contributed by atoms with van der Waals surface area (Å²) in [7, 11) is 0. The first-order chi connectivity index (χ1) is 9.18. The van der Waals surface area contributed by atoms with Gasteiger partial charge in [0.1, 0.15) is 0 Å². The Morgan fingerprint density at radius 3 is 2.79 bits per heavy atom. The molecule has 0 spiro atoms. The molecule has 1 aromatic carbocycles. The third kappa shape index (κ3) is 9.16. The molecule has 1 N–H and O–H groups in total. The van der Waals surface area contributed by atoms with Crippen molar-refractivity contribution in [2.24, 2.45) is 0 Å². The molecule has 0 aromatic heterocycles. The molecule has 0 saturated carbocycles. The molecule has 108 valence electrons. The number of ether oxygens (including phenoxy) is 2. The molecule has 0 bridgehead atoms. The Morgan fingerprint density at radius 1 is 1.21 bits per heavy atom. The third-order valence-corrected chi connectivity index (χ3v) is 3.02. The van der Waals surface area contributed by atoms with Crippen LogP contribution < -0.4 is 5.32 Å². The molecule has 0 unspecified atom stereocenters. The predicted octanol–water partition coefficient (Wildman–Crippen LogP) is 3.37. The Labute approximate surface area is 124 Å². The van der Waals surface area contributed by atoms with Crippen LogP contribution in [0, 0.1) is 0 Å². The van der Waals surface area contributed by atoms with Gasteiger partial charge in [-0.2, -0.15) is 0 Å². The van der Waals surface area contributed by atoms with Gasteiger partial charge in [-0.3, -0.25) is 0 Å². The maximum atomic E-state index is 5.60. The predicted molar refractivity (Wildman–Crippen MR) is 82.4 cm³/mol. The number of nitrogens with one attached hydrogen (secondary N) is 1. The van der Waals surface area contributed by atoms with E-state index in [-0.39, 0.29) is 0 Å². The van der Waals surface area contributed by atoms with Crippen LogP contribution in [0.1, 0.15) is 25.8 Å². The average molecular weight is 330 g/mol. The molecule has 0 aliphatic carbocycles. The van der Waals surface area contributed by atoms with Crippen molar-refractivity contribution in [3.8, 4) is 0 Å². The summed E-state index contributed by atoms with van der Waals surface area (Å²) in [6.45, 7) is 8.20. The van der Waals surface area contributed by atoms with Gasteiger partial charge in [-0.25, -0.2) is 0 Å². The van der Waals surface area contributed by atoms with Crippen molar-refractivity contribution < 1.29 is 9.47 Å². The van der Waals surface area contributed by atoms with Crippen molar-refractivity contribution in [3.05, 3.63) is 34.3 Å². The van der Waals surface area contributed by atoms with Crippen molar-refractivity contribution >= 4 is 15.9 Å². The van der Waals surface area contributed by atoms with Crippen LogP contribution in [-0.4, -0.2) is 32.4 Å². The SMILES string of the molecule is CC(C)OCCCNCCOCc1cccc(Br)c1. The van der Waals surface area contributed by atoms with Gasteiger partial charge in [0.15, 0.2) is 0 Å². The first-order valence-corrected chi connectivity index (χ1v) is 7.62. The Bertz CT molecular complexity index is 345. The highest BCUT2D eigenvalue weighted by atomic mass is 79.9. The molecule has 0 aliphatic rings. The molecule has 0 aliphatic heterocycles. The minimum absolute atomic E-state index is 0.327. The lowest BCUT2D eigenvalue weighted by Crippen LogP contribution is -2.22. The van der Waals surface area contributed by atoms with Crippen molar-refractivity contribution in [2.45, 2.75) is 33.0 Å². The van der Waals surface area contributed by atoms with E-state index in [2.05, 4.69) is 47.2 Å². The van der Waals surface area contributed by atoms with E-state index < -0.39 is 0 Å². The van der Waals surface area contributed by atoms with E-state index in [0.717, 1.165) is 37.2 Å². The zero-order valence-corrected chi connectivity index (χ0v) is 13.4. The number of halogens is 1. The van der Waals surface area contributed by atoms with Crippen LogP contribution in [0.3, 0.4) is 0 Å². The quantitative estimate of drug-likeness (QED) is 0.667. The molecule has 3 nitrogen and oxygen atoms in total. The third-order valence-electron chi connectivity index (χ3n) is 2.53. The highest BCUT2D eigenvalue weighted by Crippen LogP contribution is 2.12. The van der Waals surface area contributed by atoms with Gasteiger partial charge < -0.3 is 14.8 Å². The second-order valence-corrected chi connectivity index (χ2v) is 5.62. The second kappa shape index (κ2) is 10.4. The molecule has 1 rings (SSSR count). The van der Waals surface area contributed by atoms with E-state index in [9.17, 15) is 0 Å². The molecule has 0 saturated heterocycles. The molecule has 1 aromatic rings. The Balaban J connectivity index is 1.91. The van der Waals surface area contributed by atoms with Gasteiger partial charge in [0.25, 0.3) is 0 Å². The number of hydrogen-bond acceptors (Lipinski definition) is 3. The fourth-order valence-electron chi connectivity index (χ4n) is 1.60. The number of benzene rings is 1. The topological polar surface area (TPSA) is 30.5 Å². The number of hydrogen-bond donors (Lipinski definition) is 1. The van der Waals surface area contributed by atoms with E-state index >= 15 is 0 Å². The van der Waals surface area contributed by atoms with Gasteiger partial charge in [0.05, 0.1) is 19.3 Å². The summed E-state index contributed by atoms with van der Waals surface area (Å²) in [6, 6.07) is 8.19. The van der Waals surface area contributed by atoms with E-state index in [4.69, 9.17) is 9.47 Å². The minimum Gasteiger partial charge on any atom is -0.379 e.